The van der Waals surface area contributed by atoms with Crippen LogP contribution >= 0.6 is 27.5 Å². The number of rotatable bonds is 11. The number of esters is 1. The third-order valence-corrected chi connectivity index (χ3v) is 5.80. The molecule has 0 bridgehead atoms. The highest BCUT2D eigenvalue weighted by atomic mass is 79.9. The SMILES string of the molecule is CCc1cc(Br)ccc1NC(=O)COC(=O)CCCC(=O)Nc1ccc(Oc2ccc(Cl)cc2)cc1. The minimum atomic E-state index is -0.534. The Bertz CT molecular complexity index is 1200. The highest BCUT2D eigenvalue weighted by Gasteiger charge is 2.11. The van der Waals surface area contributed by atoms with Crippen LogP contribution < -0.4 is 15.4 Å². The van der Waals surface area contributed by atoms with Crippen molar-refractivity contribution < 1.29 is 23.9 Å². The van der Waals surface area contributed by atoms with Crippen LogP contribution in [0.1, 0.15) is 31.7 Å². The van der Waals surface area contributed by atoms with Gasteiger partial charge in [0.15, 0.2) is 6.61 Å². The lowest BCUT2D eigenvalue weighted by atomic mass is 10.1. The van der Waals surface area contributed by atoms with Gasteiger partial charge < -0.3 is 20.1 Å². The van der Waals surface area contributed by atoms with E-state index in [1.54, 1.807) is 54.6 Å². The summed E-state index contributed by atoms with van der Waals surface area (Å²) in [5.74, 6) is 0.0942. The van der Waals surface area contributed by atoms with Gasteiger partial charge in [-0.25, -0.2) is 0 Å². The van der Waals surface area contributed by atoms with E-state index in [-0.39, 0.29) is 25.4 Å². The van der Waals surface area contributed by atoms with E-state index < -0.39 is 11.9 Å². The lowest BCUT2D eigenvalue weighted by Crippen LogP contribution is -2.21. The topological polar surface area (TPSA) is 93.7 Å². The van der Waals surface area contributed by atoms with Crippen molar-refractivity contribution in [3.63, 3.8) is 0 Å². The van der Waals surface area contributed by atoms with Crippen molar-refractivity contribution in [1.29, 1.82) is 0 Å². The number of hydrogen-bond donors (Lipinski definition) is 2. The Labute approximate surface area is 223 Å². The molecule has 0 unspecified atom stereocenters. The molecule has 7 nitrogen and oxygen atoms in total. The largest absolute Gasteiger partial charge is 0.457 e. The number of halogens is 2. The summed E-state index contributed by atoms with van der Waals surface area (Å²) in [7, 11) is 0. The standard InChI is InChI=1S/C27H26BrClN2O5/c1-2-18-16-19(28)6-15-24(18)31-26(33)17-35-27(34)5-3-4-25(32)30-21-9-13-23(14-10-21)36-22-11-7-20(29)8-12-22/h6-16H,2-5,17H2,1H3,(H,30,32)(H,31,33). The minimum Gasteiger partial charge on any atom is -0.457 e. The number of amides is 2. The summed E-state index contributed by atoms with van der Waals surface area (Å²) >= 11 is 9.27. The molecule has 0 saturated heterocycles. The minimum absolute atomic E-state index is 0.0348. The first-order valence-electron chi connectivity index (χ1n) is 11.4. The maximum Gasteiger partial charge on any atom is 0.306 e. The zero-order valence-electron chi connectivity index (χ0n) is 19.7. The number of aryl methyl sites for hydroxylation is 1. The van der Waals surface area contributed by atoms with Crippen LogP contribution in [0.15, 0.2) is 71.2 Å². The predicted octanol–water partition coefficient (Wildman–Crippen LogP) is 6.75. The van der Waals surface area contributed by atoms with Crippen LogP contribution in [0.2, 0.25) is 5.02 Å². The fourth-order valence-electron chi connectivity index (χ4n) is 3.24. The second-order valence-corrected chi connectivity index (χ2v) is 9.20. The third kappa shape index (κ3) is 9.02. The van der Waals surface area contributed by atoms with E-state index in [0.717, 1.165) is 16.5 Å². The molecule has 0 aromatic heterocycles. The zero-order valence-corrected chi connectivity index (χ0v) is 22.0. The average Bonchev–Trinajstić information content (AvgIpc) is 2.86. The summed E-state index contributed by atoms with van der Waals surface area (Å²) in [5, 5.41) is 6.15. The Kier molecular flexibility index (Phi) is 10.3. The van der Waals surface area contributed by atoms with Gasteiger partial charge in [0.05, 0.1) is 0 Å². The summed E-state index contributed by atoms with van der Waals surface area (Å²) in [5.41, 5.74) is 2.27. The molecule has 2 N–H and O–H groups in total. The number of carbonyl (C=O) groups excluding carboxylic acids is 3. The molecule has 0 aliphatic carbocycles. The molecular formula is C27H26BrClN2O5. The van der Waals surface area contributed by atoms with Crippen LogP contribution in [0.3, 0.4) is 0 Å². The van der Waals surface area contributed by atoms with E-state index in [0.29, 0.717) is 34.3 Å². The van der Waals surface area contributed by atoms with Crippen LogP contribution in [0.4, 0.5) is 11.4 Å². The van der Waals surface area contributed by atoms with Gasteiger partial charge in [-0.15, -0.1) is 0 Å². The Morgan fingerprint density at radius 1 is 0.861 bits per heavy atom. The van der Waals surface area contributed by atoms with E-state index in [4.69, 9.17) is 21.1 Å². The molecule has 0 atom stereocenters. The first kappa shape index (κ1) is 27.2. The van der Waals surface area contributed by atoms with Crippen molar-refractivity contribution in [3.05, 3.63) is 81.8 Å². The number of nitrogens with one attached hydrogen (secondary N) is 2. The smallest absolute Gasteiger partial charge is 0.306 e. The average molecular weight is 574 g/mol. The van der Waals surface area contributed by atoms with Gasteiger partial charge in [0.25, 0.3) is 5.91 Å². The Hall–Kier alpha value is -3.36. The normalized spacial score (nSPS) is 10.4. The highest BCUT2D eigenvalue weighted by Crippen LogP contribution is 2.25. The van der Waals surface area contributed by atoms with Crippen molar-refractivity contribution >= 4 is 56.7 Å². The number of carbonyl (C=O) groups is 3. The van der Waals surface area contributed by atoms with Gasteiger partial charge in [0.1, 0.15) is 11.5 Å². The molecule has 2 amide bonds. The van der Waals surface area contributed by atoms with Crippen molar-refractivity contribution in [2.24, 2.45) is 0 Å². The van der Waals surface area contributed by atoms with E-state index in [2.05, 4.69) is 26.6 Å². The molecule has 0 saturated carbocycles. The number of benzene rings is 3. The second-order valence-electron chi connectivity index (χ2n) is 7.85. The van der Waals surface area contributed by atoms with Gasteiger partial charge in [-0.2, -0.15) is 0 Å². The summed E-state index contributed by atoms with van der Waals surface area (Å²) in [6.45, 7) is 1.61. The van der Waals surface area contributed by atoms with E-state index >= 15 is 0 Å². The molecule has 36 heavy (non-hydrogen) atoms. The Morgan fingerprint density at radius 3 is 2.19 bits per heavy atom. The van der Waals surface area contributed by atoms with Crippen LogP contribution in [-0.2, 0) is 25.5 Å². The fraction of sp³-hybridized carbons (Fsp3) is 0.222. The quantitative estimate of drug-likeness (QED) is 0.248. The molecule has 3 aromatic rings. The van der Waals surface area contributed by atoms with Crippen LogP contribution in [0, 0.1) is 0 Å². The number of hydrogen-bond acceptors (Lipinski definition) is 5. The monoisotopic (exact) mass is 572 g/mol. The van der Waals surface area contributed by atoms with Crippen molar-refractivity contribution in [2.45, 2.75) is 32.6 Å². The summed E-state index contributed by atoms with van der Waals surface area (Å²) in [4.78, 5) is 36.2. The van der Waals surface area contributed by atoms with Crippen molar-refractivity contribution in [2.75, 3.05) is 17.2 Å². The maximum atomic E-state index is 12.2. The van der Waals surface area contributed by atoms with Crippen molar-refractivity contribution in [3.8, 4) is 11.5 Å². The molecule has 0 heterocycles. The zero-order chi connectivity index (χ0) is 25.9. The predicted molar refractivity (Wildman–Crippen MR) is 144 cm³/mol. The van der Waals surface area contributed by atoms with Crippen LogP contribution in [-0.4, -0.2) is 24.4 Å². The van der Waals surface area contributed by atoms with Gasteiger partial charge in [-0.1, -0.05) is 34.5 Å². The van der Waals surface area contributed by atoms with Gasteiger partial charge in [0, 0.05) is 33.7 Å². The Morgan fingerprint density at radius 2 is 1.53 bits per heavy atom. The van der Waals surface area contributed by atoms with E-state index in [1.807, 2.05) is 19.1 Å². The lowest BCUT2D eigenvalue weighted by Gasteiger charge is -2.11. The molecule has 0 aliphatic heterocycles. The summed E-state index contributed by atoms with van der Waals surface area (Å²) < 4.78 is 11.7. The molecule has 0 radical (unpaired) electrons. The van der Waals surface area contributed by atoms with Gasteiger partial charge in [-0.3, -0.25) is 14.4 Å². The molecule has 188 valence electrons. The Balaban J connectivity index is 1.34. The second kappa shape index (κ2) is 13.7. The molecule has 0 spiro atoms. The molecule has 3 aromatic carbocycles. The van der Waals surface area contributed by atoms with E-state index in [1.165, 1.54) is 0 Å². The molecule has 0 fully saturated rings. The number of anilines is 2. The first-order chi connectivity index (χ1) is 17.3. The van der Waals surface area contributed by atoms with E-state index in [9.17, 15) is 14.4 Å². The number of ether oxygens (including phenoxy) is 2. The molecular weight excluding hydrogens is 548 g/mol. The lowest BCUT2D eigenvalue weighted by molar-refractivity contribution is -0.147. The van der Waals surface area contributed by atoms with Gasteiger partial charge in [-0.05, 0) is 85.1 Å². The maximum absolute atomic E-state index is 12.2. The van der Waals surface area contributed by atoms with Gasteiger partial charge >= 0.3 is 5.97 Å². The molecule has 3 rings (SSSR count). The summed E-state index contributed by atoms with van der Waals surface area (Å²) in [6.07, 6.45) is 1.23. The van der Waals surface area contributed by atoms with Crippen molar-refractivity contribution in [1.82, 2.24) is 0 Å². The first-order valence-corrected chi connectivity index (χ1v) is 12.6. The fourth-order valence-corrected chi connectivity index (χ4v) is 3.78. The van der Waals surface area contributed by atoms with Crippen LogP contribution in [0.5, 0.6) is 11.5 Å². The molecule has 0 aliphatic rings. The third-order valence-electron chi connectivity index (χ3n) is 5.06. The highest BCUT2D eigenvalue weighted by molar-refractivity contribution is 9.10. The molecule has 9 heteroatoms. The van der Waals surface area contributed by atoms with Gasteiger partial charge in [0.2, 0.25) is 5.91 Å². The summed E-state index contributed by atoms with van der Waals surface area (Å²) in [6, 6.07) is 19.5. The van der Waals surface area contributed by atoms with Crippen LogP contribution in [0.25, 0.3) is 0 Å².